The second-order valence-electron chi connectivity index (χ2n) is 6.92. The third-order valence-corrected chi connectivity index (χ3v) is 5.75. The van der Waals surface area contributed by atoms with Crippen LogP contribution >= 0.6 is 11.8 Å². The van der Waals surface area contributed by atoms with Crippen molar-refractivity contribution in [3.05, 3.63) is 40.3 Å². The first-order valence-corrected chi connectivity index (χ1v) is 9.13. The number of thioether (sulfide) groups is 1. The minimum absolute atomic E-state index is 0.0468. The number of nitrogens with zero attached hydrogens (tertiary/aromatic N) is 1. The van der Waals surface area contributed by atoms with Gasteiger partial charge in [-0.15, -0.1) is 0 Å². The molecular weight excluding hydrogens is 322 g/mol. The van der Waals surface area contributed by atoms with Gasteiger partial charge in [0, 0.05) is 12.1 Å². The summed E-state index contributed by atoms with van der Waals surface area (Å²) in [4.78, 5) is 37.5. The highest BCUT2D eigenvalue weighted by molar-refractivity contribution is 8.18. The summed E-state index contributed by atoms with van der Waals surface area (Å²) in [6.07, 6.45) is 8.23. The third-order valence-electron chi connectivity index (χ3n) is 4.84. The van der Waals surface area contributed by atoms with E-state index < -0.39 is 0 Å². The second kappa shape index (κ2) is 6.93. The van der Waals surface area contributed by atoms with E-state index in [9.17, 15) is 14.4 Å². The molecule has 1 heterocycles. The van der Waals surface area contributed by atoms with E-state index in [4.69, 9.17) is 0 Å². The van der Waals surface area contributed by atoms with Gasteiger partial charge in [-0.3, -0.25) is 19.3 Å². The minimum atomic E-state index is -0.198. The number of aldehydes is 1. The molecule has 1 aliphatic carbocycles. The molecule has 0 bridgehead atoms. The molecule has 0 unspecified atom stereocenters. The lowest BCUT2D eigenvalue weighted by molar-refractivity contribution is -0.124. The molecule has 0 N–H and O–H groups in total. The van der Waals surface area contributed by atoms with Crippen LogP contribution in [0.2, 0.25) is 0 Å². The van der Waals surface area contributed by atoms with E-state index >= 15 is 0 Å². The Bertz CT molecular complexity index is 687. The van der Waals surface area contributed by atoms with Crippen molar-refractivity contribution in [1.82, 2.24) is 4.90 Å². The molecule has 126 valence electrons. The number of amides is 2. The monoisotopic (exact) mass is 343 g/mol. The smallest absolute Gasteiger partial charge is 0.293 e. The minimum Gasteiger partial charge on any atom is -0.298 e. The molecule has 2 amide bonds. The molecule has 0 radical (unpaired) electrons. The first-order chi connectivity index (χ1) is 11.5. The maximum atomic E-state index is 12.6. The standard InChI is InChI=1S/C19H21NO3S/c1-19(9-3-2-4-10-19)13-20-17(22)16(24-18(20)23)11-14-5-7-15(12-21)8-6-14/h5-8,11-12H,2-4,9-10,13H2,1H3. The molecule has 2 aliphatic rings. The summed E-state index contributed by atoms with van der Waals surface area (Å²) in [7, 11) is 0. The largest absolute Gasteiger partial charge is 0.298 e. The van der Waals surface area contributed by atoms with Crippen LogP contribution in [0.4, 0.5) is 4.79 Å². The van der Waals surface area contributed by atoms with Gasteiger partial charge in [-0.25, -0.2) is 0 Å². The molecule has 1 aromatic rings. The number of imide groups is 1. The van der Waals surface area contributed by atoms with Gasteiger partial charge in [-0.05, 0) is 41.7 Å². The van der Waals surface area contributed by atoms with E-state index in [0.29, 0.717) is 17.0 Å². The molecule has 3 rings (SSSR count). The van der Waals surface area contributed by atoms with Crippen molar-refractivity contribution in [2.75, 3.05) is 6.54 Å². The number of carbonyl (C=O) groups is 3. The average Bonchev–Trinajstić information content (AvgIpc) is 2.83. The first-order valence-electron chi connectivity index (χ1n) is 8.31. The summed E-state index contributed by atoms with van der Waals surface area (Å²) in [6.45, 7) is 2.69. The summed E-state index contributed by atoms with van der Waals surface area (Å²) in [6, 6.07) is 6.96. The number of hydrogen-bond acceptors (Lipinski definition) is 4. The molecule has 0 atom stereocenters. The van der Waals surface area contributed by atoms with Crippen molar-refractivity contribution in [2.45, 2.75) is 39.0 Å². The zero-order valence-electron chi connectivity index (χ0n) is 13.8. The maximum Gasteiger partial charge on any atom is 0.293 e. The van der Waals surface area contributed by atoms with Gasteiger partial charge in [0.1, 0.15) is 6.29 Å². The Hall–Kier alpha value is -1.88. The molecular formula is C19H21NO3S. The van der Waals surface area contributed by atoms with Gasteiger partial charge in [0.15, 0.2) is 0 Å². The molecule has 0 spiro atoms. The van der Waals surface area contributed by atoms with Gasteiger partial charge in [0.2, 0.25) is 0 Å². The molecule has 4 nitrogen and oxygen atoms in total. The number of benzene rings is 1. The molecule has 1 aromatic carbocycles. The Kier molecular flexibility index (Phi) is 4.90. The van der Waals surface area contributed by atoms with E-state index in [1.807, 2.05) is 0 Å². The van der Waals surface area contributed by atoms with Crippen molar-refractivity contribution >= 4 is 35.3 Å². The normalized spacial score (nSPS) is 22.2. The van der Waals surface area contributed by atoms with Crippen LogP contribution in [0.5, 0.6) is 0 Å². The maximum absolute atomic E-state index is 12.6. The predicted molar refractivity (Wildman–Crippen MR) is 95.7 cm³/mol. The highest BCUT2D eigenvalue weighted by Gasteiger charge is 2.40. The molecule has 2 fully saturated rings. The van der Waals surface area contributed by atoms with Crippen molar-refractivity contribution < 1.29 is 14.4 Å². The Morgan fingerprint density at radius 1 is 1.08 bits per heavy atom. The molecule has 5 heteroatoms. The van der Waals surface area contributed by atoms with Crippen molar-refractivity contribution in [3.63, 3.8) is 0 Å². The predicted octanol–water partition coefficient (Wildman–Crippen LogP) is 4.51. The van der Waals surface area contributed by atoms with Gasteiger partial charge in [-0.1, -0.05) is 50.5 Å². The van der Waals surface area contributed by atoms with E-state index in [1.165, 1.54) is 24.2 Å². The Morgan fingerprint density at radius 2 is 1.71 bits per heavy atom. The highest BCUT2D eigenvalue weighted by Crippen LogP contribution is 2.40. The summed E-state index contributed by atoms with van der Waals surface area (Å²) in [5.41, 5.74) is 1.45. The fraction of sp³-hybridized carbons (Fsp3) is 0.421. The van der Waals surface area contributed by atoms with Crippen LogP contribution in [0, 0.1) is 5.41 Å². The first kappa shape index (κ1) is 17.0. The van der Waals surface area contributed by atoms with Gasteiger partial charge < -0.3 is 0 Å². The van der Waals surface area contributed by atoms with Gasteiger partial charge in [-0.2, -0.15) is 0 Å². The molecule has 1 saturated heterocycles. The molecule has 24 heavy (non-hydrogen) atoms. The van der Waals surface area contributed by atoms with Crippen LogP contribution in [-0.4, -0.2) is 28.9 Å². The van der Waals surface area contributed by atoms with Crippen LogP contribution in [0.15, 0.2) is 29.2 Å². The van der Waals surface area contributed by atoms with E-state index in [0.717, 1.165) is 36.5 Å². The van der Waals surface area contributed by atoms with Gasteiger partial charge in [0.05, 0.1) is 4.91 Å². The van der Waals surface area contributed by atoms with Gasteiger partial charge >= 0.3 is 0 Å². The number of rotatable bonds is 4. The number of hydrogen-bond donors (Lipinski definition) is 0. The SMILES string of the molecule is CC1(CN2C(=O)SC(=Cc3ccc(C=O)cc3)C2=O)CCCCC1. The summed E-state index contributed by atoms with van der Waals surface area (Å²) < 4.78 is 0. The summed E-state index contributed by atoms with van der Waals surface area (Å²) in [5, 5.41) is -0.178. The van der Waals surface area contributed by atoms with Crippen LogP contribution in [0.25, 0.3) is 6.08 Å². The zero-order valence-corrected chi connectivity index (χ0v) is 14.6. The van der Waals surface area contributed by atoms with Crippen LogP contribution < -0.4 is 0 Å². The molecule has 0 aromatic heterocycles. The lowest BCUT2D eigenvalue weighted by Gasteiger charge is -2.35. The van der Waals surface area contributed by atoms with Gasteiger partial charge in [0.25, 0.3) is 11.1 Å². The average molecular weight is 343 g/mol. The van der Waals surface area contributed by atoms with Crippen molar-refractivity contribution in [3.8, 4) is 0 Å². The highest BCUT2D eigenvalue weighted by atomic mass is 32.2. The fourth-order valence-electron chi connectivity index (χ4n) is 3.40. The second-order valence-corrected chi connectivity index (χ2v) is 7.92. The quantitative estimate of drug-likeness (QED) is 0.596. The van der Waals surface area contributed by atoms with Crippen LogP contribution in [0.3, 0.4) is 0 Å². The van der Waals surface area contributed by atoms with Crippen molar-refractivity contribution in [1.29, 1.82) is 0 Å². The van der Waals surface area contributed by atoms with E-state index in [2.05, 4.69) is 6.92 Å². The Balaban J connectivity index is 1.75. The lowest BCUT2D eigenvalue weighted by atomic mass is 9.75. The fourth-order valence-corrected chi connectivity index (χ4v) is 4.24. The van der Waals surface area contributed by atoms with Crippen LogP contribution in [0.1, 0.15) is 54.9 Å². The molecule has 1 saturated carbocycles. The van der Waals surface area contributed by atoms with Crippen molar-refractivity contribution in [2.24, 2.45) is 5.41 Å². The summed E-state index contributed by atoms with van der Waals surface area (Å²) >= 11 is 1.00. The topological polar surface area (TPSA) is 54.5 Å². The molecule has 1 aliphatic heterocycles. The summed E-state index contributed by atoms with van der Waals surface area (Å²) in [5.74, 6) is -0.198. The Morgan fingerprint density at radius 3 is 2.33 bits per heavy atom. The van der Waals surface area contributed by atoms with E-state index in [1.54, 1.807) is 30.3 Å². The Labute approximate surface area is 146 Å². The zero-order chi connectivity index (χ0) is 17.2. The van der Waals surface area contributed by atoms with E-state index in [-0.39, 0.29) is 16.6 Å². The van der Waals surface area contributed by atoms with Crippen LogP contribution in [-0.2, 0) is 4.79 Å². The third kappa shape index (κ3) is 3.61. The number of carbonyl (C=O) groups excluding carboxylic acids is 3. The lowest BCUT2D eigenvalue weighted by Crippen LogP contribution is -2.39.